The molecule has 0 saturated carbocycles. The molecule has 0 unspecified atom stereocenters. The number of amides is 1. The van der Waals surface area contributed by atoms with Crippen LogP contribution in [0.5, 0.6) is 0 Å². The van der Waals surface area contributed by atoms with E-state index in [2.05, 4.69) is 5.32 Å². The zero-order valence-corrected chi connectivity index (χ0v) is 5.61. The summed E-state index contributed by atoms with van der Waals surface area (Å²) in [5, 5.41) is 3.06. The lowest BCUT2D eigenvalue weighted by molar-refractivity contribution is -0.123. The minimum atomic E-state index is -0.417. The van der Waals surface area contributed by atoms with Crippen LogP contribution in [0.4, 0.5) is 0 Å². The summed E-state index contributed by atoms with van der Waals surface area (Å²) in [6.07, 6.45) is 1.93. The molecular formula is C6H12N2O. The van der Waals surface area contributed by atoms with Crippen molar-refractivity contribution in [2.45, 2.75) is 25.3 Å². The summed E-state index contributed by atoms with van der Waals surface area (Å²) in [6.45, 7) is 2.77. The molecule has 1 rings (SSSR count). The standard InChI is InChI=1S/C6H12N2O/c1-6(5(7)9)3-2-4-8-6/h8H,2-4H2,1H3,(H2,7,9)/t6-/m0/s1. The van der Waals surface area contributed by atoms with Crippen LogP contribution >= 0.6 is 0 Å². The van der Waals surface area contributed by atoms with Gasteiger partial charge in [0, 0.05) is 0 Å². The fourth-order valence-electron chi connectivity index (χ4n) is 1.10. The Morgan fingerprint density at radius 2 is 2.44 bits per heavy atom. The maximum atomic E-state index is 10.7. The normalized spacial score (nSPS) is 34.8. The molecule has 3 N–H and O–H groups in total. The molecule has 0 bridgehead atoms. The fourth-order valence-corrected chi connectivity index (χ4v) is 1.10. The number of nitrogens with two attached hydrogens (primary N) is 1. The van der Waals surface area contributed by atoms with Crippen LogP contribution in [-0.4, -0.2) is 18.0 Å². The number of rotatable bonds is 1. The van der Waals surface area contributed by atoms with E-state index in [1.165, 1.54) is 0 Å². The Balaban J connectivity index is 2.61. The summed E-state index contributed by atoms with van der Waals surface area (Å²) in [5.74, 6) is -0.236. The molecule has 0 spiro atoms. The van der Waals surface area contributed by atoms with Gasteiger partial charge in [0.25, 0.3) is 0 Å². The average molecular weight is 128 g/mol. The predicted octanol–water partition coefficient (Wildman–Crippen LogP) is -0.386. The van der Waals surface area contributed by atoms with Gasteiger partial charge in [0.15, 0.2) is 0 Å². The van der Waals surface area contributed by atoms with E-state index in [0.29, 0.717) is 0 Å². The van der Waals surface area contributed by atoms with Gasteiger partial charge in [-0.3, -0.25) is 4.79 Å². The van der Waals surface area contributed by atoms with Gasteiger partial charge in [-0.05, 0) is 26.3 Å². The molecule has 0 aromatic heterocycles. The molecule has 0 radical (unpaired) electrons. The van der Waals surface area contributed by atoms with Gasteiger partial charge in [0.1, 0.15) is 0 Å². The monoisotopic (exact) mass is 128 g/mol. The molecule has 0 aromatic rings. The van der Waals surface area contributed by atoms with Crippen molar-refractivity contribution in [3.63, 3.8) is 0 Å². The quantitative estimate of drug-likeness (QED) is 0.505. The first-order valence-electron chi connectivity index (χ1n) is 3.20. The van der Waals surface area contributed by atoms with E-state index in [4.69, 9.17) is 5.73 Å². The van der Waals surface area contributed by atoms with Gasteiger partial charge in [-0.2, -0.15) is 0 Å². The Morgan fingerprint density at radius 3 is 2.67 bits per heavy atom. The van der Waals surface area contributed by atoms with Gasteiger partial charge < -0.3 is 11.1 Å². The van der Waals surface area contributed by atoms with Crippen LogP contribution in [0.15, 0.2) is 0 Å². The van der Waals surface area contributed by atoms with Crippen molar-refractivity contribution in [1.29, 1.82) is 0 Å². The number of hydrogen-bond acceptors (Lipinski definition) is 2. The predicted molar refractivity (Wildman–Crippen MR) is 34.8 cm³/mol. The fraction of sp³-hybridized carbons (Fsp3) is 0.833. The highest BCUT2D eigenvalue weighted by molar-refractivity contribution is 5.84. The van der Waals surface area contributed by atoms with Crippen molar-refractivity contribution in [3.05, 3.63) is 0 Å². The number of carbonyl (C=O) groups excluding carboxylic acids is 1. The molecule has 1 aliphatic heterocycles. The summed E-state index contributed by atoms with van der Waals surface area (Å²) in [4.78, 5) is 10.7. The largest absolute Gasteiger partial charge is 0.368 e. The maximum Gasteiger partial charge on any atom is 0.237 e. The van der Waals surface area contributed by atoms with Gasteiger partial charge in [0.2, 0.25) is 5.91 Å². The minimum absolute atomic E-state index is 0.236. The van der Waals surface area contributed by atoms with Crippen LogP contribution in [-0.2, 0) is 4.79 Å². The van der Waals surface area contributed by atoms with Gasteiger partial charge in [-0.1, -0.05) is 0 Å². The highest BCUT2D eigenvalue weighted by Crippen LogP contribution is 2.16. The lowest BCUT2D eigenvalue weighted by Crippen LogP contribution is -2.48. The molecule has 0 aliphatic carbocycles. The third-order valence-corrected chi connectivity index (χ3v) is 1.91. The smallest absolute Gasteiger partial charge is 0.237 e. The molecule has 0 aromatic carbocycles. The summed E-state index contributed by atoms with van der Waals surface area (Å²) in [6, 6.07) is 0. The van der Waals surface area contributed by atoms with E-state index in [1.807, 2.05) is 6.92 Å². The Bertz CT molecular complexity index is 127. The van der Waals surface area contributed by atoms with Gasteiger partial charge in [-0.25, -0.2) is 0 Å². The molecule has 3 nitrogen and oxygen atoms in total. The molecule has 3 heteroatoms. The number of carbonyl (C=O) groups is 1. The number of nitrogens with one attached hydrogen (secondary N) is 1. The van der Waals surface area contributed by atoms with E-state index < -0.39 is 5.54 Å². The lowest BCUT2D eigenvalue weighted by Gasteiger charge is -2.18. The second-order valence-electron chi connectivity index (χ2n) is 2.73. The Labute approximate surface area is 54.6 Å². The summed E-state index contributed by atoms with van der Waals surface area (Å²) in [7, 11) is 0. The molecular weight excluding hydrogens is 116 g/mol. The van der Waals surface area contributed by atoms with Crippen LogP contribution < -0.4 is 11.1 Å². The molecule has 52 valence electrons. The Kier molecular flexibility index (Phi) is 1.45. The Hall–Kier alpha value is -0.570. The third-order valence-electron chi connectivity index (χ3n) is 1.91. The number of hydrogen-bond donors (Lipinski definition) is 2. The third kappa shape index (κ3) is 1.05. The maximum absolute atomic E-state index is 10.7. The summed E-state index contributed by atoms with van der Waals surface area (Å²) >= 11 is 0. The van der Waals surface area contributed by atoms with E-state index in [0.717, 1.165) is 19.4 Å². The van der Waals surface area contributed by atoms with E-state index in [1.54, 1.807) is 0 Å². The zero-order chi connectivity index (χ0) is 6.91. The second kappa shape index (κ2) is 1.99. The van der Waals surface area contributed by atoms with Crippen LogP contribution in [0.3, 0.4) is 0 Å². The minimum Gasteiger partial charge on any atom is -0.368 e. The van der Waals surface area contributed by atoms with Crippen LogP contribution in [0.25, 0.3) is 0 Å². The van der Waals surface area contributed by atoms with Gasteiger partial charge in [0.05, 0.1) is 5.54 Å². The molecule has 1 saturated heterocycles. The molecule has 1 aliphatic rings. The Morgan fingerprint density at radius 1 is 1.78 bits per heavy atom. The van der Waals surface area contributed by atoms with E-state index in [-0.39, 0.29) is 5.91 Å². The van der Waals surface area contributed by atoms with Crippen molar-refractivity contribution in [3.8, 4) is 0 Å². The van der Waals surface area contributed by atoms with Crippen LogP contribution in [0, 0.1) is 0 Å². The molecule has 1 heterocycles. The van der Waals surface area contributed by atoms with Gasteiger partial charge in [-0.15, -0.1) is 0 Å². The zero-order valence-electron chi connectivity index (χ0n) is 5.61. The molecule has 9 heavy (non-hydrogen) atoms. The summed E-state index contributed by atoms with van der Waals surface area (Å²) < 4.78 is 0. The van der Waals surface area contributed by atoms with Gasteiger partial charge >= 0.3 is 0 Å². The first-order chi connectivity index (χ1) is 4.15. The SMILES string of the molecule is C[C@@]1(C(N)=O)CCCN1. The highest BCUT2D eigenvalue weighted by atomic mass is 16.1. The summed E-state index contributed by atoms with van der Waals surface area (Å²) in [5.41, 5.74) is 4.71. The molecule has 1 amide bonds. The van der Waals surface area contributed by atoms with E-state index >= 15 is 0 Å². The van der Waals surface area contributed by atoms with Crippen molar-refractivity contribution in [1.82, 2.24) is 5.32 Å². The highest BCUT2D eigenvalue weighted by Gasteiger charge is 2.33. The topological polar surface area (TPSA) is 55.1 Å². The molecule has 1 atom stereocenters. The average Bonchev–Trinajstić information content (AvgIpc) is 2.16. The van der Waals surface area contributed by atoms with Crippen LogP contribution in [0.1, 0.15) is 19.8 Å². The first kappa shape index (κ1) is 6.55. The first-order valence-corrected chi connectivity index (χ1v) is 3.20. The van der Waals surface area contributed by atoms with Crippen molar-refractivity contribution < 1.29 is 4.79 Å². The van der Waals surface area contributed by atoms with Crippen molar-refractivity contribution in [2.75, 3.05) is 6.54 Å². The lowest BCUT2D eigenvalue weighted by atomic mass is 10.0. The molecule has 1 fully saturated rings. The van der Waals surface area contributed by atoms with Crippen molar-refractivity contribution in [2.24, 2.45) is 5.73 Å². The van der Waals surface area contributed by atoms with Crippen molar-refractivity contribution >= 4 is 5.91 Å². The van der Waals surface area contributed by atoms with E-state index in [9.17, 15) is 4.79 Å². The van der Waals surface area contributed by atoms with Crippen LogP contribution in [0.2, 0.25) is 0 Å². The number of primary amides is 1. The second-order valence-corrected chi connectivity index (χ2v) is 2.73.